The molecule has 1 saturated heterocycles. The zero-order valence-electron chi connectivity index (χ0n) is 22.3. The second kappa shape index (κ2) is 13.4. The highest BCUT2D eigenvalue weighted by Crippen LogP contribution is 2.33. The van der Waals surface area contributed by atoms with E-state index in [1.54, 1.807) is 7.11 Å². The average Bonchev–Trinajstić information content (AvgIpc) is 2.93. The van der Waals surface area contributed by atoms with Gasteiger partial charge in [0.1, 0.15) is 5.75 Å². The van der Waals surface area contributed by atoms with Gasteiger partial charge in [-0.3, -0.25) is 14.7 Å². The van der Waals surface area contributed by atoms with Crippen LogP contribution in [0.4, 0.5) is 13.2 Å². The van der Waals surface area contributed by atoms with E-state index in [4.69, 9.17) is 16.3 Å². The number of ether oxygens (including phenoxy) is 1. The molecule has 1 aliphatic heterocycles. The molecule has 1 N–H and O–H groups in total. The SMILES string of the molecule is COc1ccc2nccc(CCC[C@@H]3CCN(CC#Cc4cc(C(F)(F)F)ccc4Cl)C[C@@H]3CCC(=O)O)c2c1. The number of alkyl halides is 3. The lowest BCUT2D eigenvalue weighted by Gasteiger charge is -2.38. The van der Waals surface area contributed by atoms with Crippen molar-refractivity contribution in [3.63, 3.8) is 0 Å². The van der Waals surface area contributed by atoms with Gasteiger partial charge in [0.15, 0.2) is 0 Å². The minimum atomic E-state index is -4.46. The Balaban J connectivity index is 1.38. The number of methoxy groups -OCH3 is 1. The normalized spacial score (nSPS) is 17.8. The molecule has 1 fully saturated rings. The molecule has 0 bridgehead atoms. The maximum atomic E-state index is 13.1. The fourth-order valence-electron chi connectivity index (χ4n) is 5.44. The number of hydrogen-bond acceptors (Lipinski definition) is 4. The predicted molar refractivity (Wildman–Crippen MR) is 149 cm³/mol. The first-order valence-electron chi connectivity index (χ1n) is 13.4. The van der Waals surface area contributed by atoms with Crippen LogP contribution in [0.3, 0.4) is 0 Å². The predicted octanol–water partition coefficient (Wildman–Crippen LogP) is 7.09. The number of aliphatic carboxylic acids is 1. The summed E-state index contributed by atoms with van der Waals surface area (Å²) < 4.78 is 44.6. The molecule has 0 unspecified atom stereocenters. The first-order valence-corrected chi connectivity index (χ1v) is 13.7. The minimum Gasteiger partial charge on any atom is -0.497 e. The van der Waals surface area contributed by atoms with Crippen molar-refractivity contribution in [2.45, 2.75) is 44.7 Å². The molecule has 40 heavy (non-hydrogen) atoms. The third kappa shape index (κ3) is 7.89. The van der Waals surface area contributed by atoms with Gasteiger partial charge < -0.3 is 9.84 Å². The minimum absolute atomic E-state index is 0.106. The Morgan fingerprint density at radius 1 is 1.18 bits per heavy atom. The van der Waals surface area contributed by atoms with Gasteiger partial charge in [-0.15, -0.1) is 0 Å². The molecule has 3 aromatic rings. The van der Waals surface area contributed by atoms with Crippen LogP contribution >= 0.6 is 11.6 Å². The molecule has 0 aliphatic carbocycles. The van der Waals surface area contributed by atoms with Gasteiger partial charge in [0.2, 0.25) is 0 Å². The summed E-state index contributed by atoms with van der Waals surface area (Å²) >= 11 is 6.07. The first-order chi connectivity index (χ1) is 19.1. The van der Waals surface area contributed by atoms with E-state index in [0.29, 0.717) is 25.4 Å². The van der Waals surface area contributed by atoms with Crippen molar-refractivity contribution in [3.05, 3.63) is 70.4 Å². The fraction of sp³-hybridized carbons (Fsp3) is 0.419. The molecule has 0 spiro atoms. The van der Waals surface area contributed by atoms with E-state index in [2.05, 4.69) is 21.7 Å². The number of fused-ring (bicyclic) bond motifs is 1. The molecule has 0 radical (unpaired) electrons. The molecule has 5 nitrogen and oxygen atoms in total. The number of carbonyl (C=O) groups is 1. The molecule has 0 saturated carbocycles. The van der Waals surface area contributed by atoms with Gasteiger partial charge in [0.25, 0.3) is 0 Å². The average molecular weight is 573 g/mol. The number of piperidine rings is 1. The van der Waals surface area contributed by atoms with Gasteiger partial charge in [0, 0.05) is 30.1 Å². The molecule has 2 atom stereocenters. The van der Waals surface area contributed by atoms with E-state index < -0.39 is 17.7 Å². The smallest absolute Gasteiger partial charge is 0.416 e. The summed E-state index contributed by atoms with van der Waals surface area (Å²) in [4.78, 5) is 17.9. The van der Waals surface area contributed by atoms with Crippen LogP contribution in [0.1, 0.15) is 48.8 Å². The molecule has 1 aliphatic rings. The Morgan fingerprint density at radius 2 is 2.00 bits per heavy atom. The van der Waals surface area contributed by atoms with Crippen LogP contribution in [0.5, 0.6) is 5.75 Å². The van der Waals surface area contributed by atoms with Crippen LogP contribution < -0.4 is 4.74 Å². The monoisotopic (exact) mass is 572 g/mol. The van der Waals surface area contributed by atoms with Gasteiger partial charge in [0.05, 0.1) is 29.8 Å². The van der Waals surface area contributed by atoms with Gasteiger partial charge in [-0.05, 0) is 98.5 Å². The van der Waals surface area contributed by atoms with Crippen molar-refractivity contribution in [1.29, 1.82) is 0 Å². The Kier molecular flexibility index (Phi) is 9.94. The van der Waals surface area contributed by atoms with E-state index in [1.165, 1.54) is 11.6 Å². The molecule has 0 amide bonds. The van der Waals surface area contributed by atoms with Crippen LogP contribution in [-0.2, 0) is 17.4 Å². The second-order valence-electron chi connectivity index (χ2n) is 10.2. The number of nitrogens with zero attached hydrogens (tertiary/aromatic N) is 2. The molecule has 2 aromatic carbocycles. The van der Waals surface area contributed by atoms with Crippen LogP contribution in [0.15, 0.2) is 48.7 Å². The summed E-state index contributed by atoms with van der Waals surface area (Å²) in [5, 5.41) is 10.6. The molecule has 9 heteroatoms. The number of carboxylic acids is 1. The Morgan fingerprint density at radius 3 is 2.75 bits per heavy atom. The third-order valence-electron chi connectivity index (χ3n) is 7.58. The molecular weight excluding hydrogens is 541 g/mol. The Bertz CT molecular complexity index is 1400. The zero-order chi connectivity index (χ0) is 28.7. The lowest BCUT2D eigenvalue weighted by molar-refractivity contribution is -0.138. The largest absolute Gasteiger partial charge is 0.497 e. The van der Waals surface area contributed by atoms with E-state index in [1.807, 2.05) is 30.5 Å². The lowest BCUT2D eigenvalue weighted by atomic mass is 9.79. The summed E-state index contributed by atoms with van der Waals surface area (Å²) in [7, 11) is 1.65. The number of aromatic nitrogens is 1. The topological polar surface area (TPSA) is 62.7 Å². The number of benzene rings is 2. The molecule has 1 aromatic heterocycles. The quantitative estimate of drug-likeness (QED) is 0.277. The Hall–Kier alpha value is -3.28. The van der Waals surface area contributed by atoms with Gasteiger partial charge in [-0.2, -0.15) is 13.2 Å². The van der Waals surface area contributed by atoms with Crippen LogP contribution in [0.25, 0.3) is 10.9 Å². The molecule has 2 heterocycles. The van der Waals surface area contributed by atoms with Crippen LogP contribution in [-0.4, -0.2) is 47.7 Å². The fourth-order valence-corrected chi connectivity index (χ4v) is 5.61. The summed E-state index contributed by atoms with van der Waals surface area (Å²) in [5.41, 5.74) is 1.51. The van der Waals surface area contributed by atoms with Crippen molar-refractivity contribution < 1.29 is 27.8 Å². The van der Waals surface area contributed by atoms with Crippen molar-refractivity contribution in [3.8, 4) is 17.6 Å². The summed E-state index contributed by atoms with van der Waals surface area (Å²) in [6, 6.07) is 11.0. The third-order valence-corrected chi connectivity index (χ3v) is 7.91. The summed E-state index contributed by atoms with van der Waals surface area (Å²) in [5.74, 6) is 6.35. The van der Waals surface area contributed by atoms with Gasteiger partial charge in [-0.1, -0.05) is 23.4 Å². The number of rotatable bonds is 9. The number of halogens is 4. The number of likely N-dealkylation sites (tertiary alicyclic amines) is 1. The number of hydrogen-bond donors (Lipinski definition) is 1. The van der Waals surface area contributed by atoms with E-state index in [9.17, 15) is 23.1 Å². The molecule has 4 rings (SSSR count). The van der Waals surface area contributed by atoms with Crippen molar-refractivity contribution in [1.82, 2.24) is 9.88 Å². The highest BCUT2D eigenvalue weighted by atomic mass is 35.5. The molecule has 212 valence electrons. The Labute approximate surface area is 237 Å². The van der Waals surface area contributed by atoms with Gasteiger partial charge in [-0.25, -0.2) is 0 Å². The van der Waals surface area contributed by atoms with Crippen LogP contribution in [0, 0.1) is 23.7 Å². The summed E-state index contributed by atoms with van der Waals surface area (Å²) in [6.07, 6.45) is 1.82. The maximum absolute atomic E-state index is 13.1. The number of aryl methyl sites for hydroxylation is 1. The number of pyridine rings is 1. The first kappa shape index (κ1) is 29.7. The highest BCUT2D eigenvalue weighted by Gasteiger charge is 2.31. The van der Waals surface area contributed by atoms with Crippen molar-refractivity contribution in [2.24, 2.45) is 11.8 Å². The highest BCUT2D eigenvalue weighted by molar-refractivity contribution is 6.31. The second-order valence-corrected chi connectivity index (χ2v) is 10.6. The van der Waals surface area contributed by atoms with Crippen LogP contribution in [0.2, 0.25) is 5.02 Å². The van der Waals surface area contributed by atoms with Gasteiger partial charge >= 0.3 is 12.1 Å². The molecular formula is C31H32ClF3N2O3. The van der Waals surface area contributed by atoms with Crippen molar-refractivity contribution >= 4 is 28.5 Å². The lowest BCUT2D eigenvalue weighted by Crippen LogP contribution is -2.41. The zero-order valence-corrected chi connectivity index (χ0v) is 23.1. The summed E-state index contributed by atoms with van der Waals surface area (Å²) in [6.45, 7) is 1.89. The van der Waals surface area contributed by atoms with E-state index in [-0.39, 0.29) is 22.9 Å². The number of carboxylic acid groups (broad SMARTS) is 1. The standard InChI is InChI=1S/C31H32ClF3N2O3/c1-40-26-9-11-29-27(19-26)22(13-15-36-29)5-2-4-21-14-17-37(20-24(21)7-12-30(38)39)16-3-6-23-18-25(31(33,34)35)8-10-28(23)32/h8-11,13,15,18-19,21,24H,2,4-5,7,12,14,16-17,20H2,1H3,(H,38,39)/t21-,24+/m1/s1. The maximum Gasteiger partial charge on any atom is 0.416 e. The van der Waals surface area contributed by atoms with E-state index >= 15 is 0 Å². The van der Waals surface area contributed by atoms with E-state index in [0.717, 1.165) is 61.0 Å². The van der Waals surface area contributed by atoms with Crippen molar-refractivity contribution in [2.75, 3.05) is 26.7 Å².